The van der Waals surface area contributed by atoms with Crippen LogP contribution >= 0.6 is 0 Å². The van der Waals surface area contributed by atoms with Gasteiger partial charge in [-0.2, -0.15) is 10.4 Å². The minimum atomic E-state index is 0.0850. The summed E-state index contributed by atoms with van der Waals surface area (Å²) in [6.45, 7) is 0.536. The van der Waals surface area contributed by atoms with Crippen LogP contribution in [0.25, 0.3) is 5.69 Å². The maximum Gasteiger partial charge on any atom is 0.222 e. The average Bonchev–Trinajstić information content (AvgIpc) is 3.16. The highest BCUT2D eigenvalue weighted by atomic mass is 16.2. The molecule has 0 aliphatic carbocycles. The molecule has 0 unspecified atom stereocenters. The van der Waals surface area contributed by atoms with Gasteiger partial charge in [-0.05, 0) is 41.8 Å². The van der Waals surface area contributed by atoms with Gasteiger partial charge in [-0.1, -0.05) is 30.3 Å². The quantitative estimate of drug-likeness (QED) is 0.689. The molecule has 0 radical (unpaired) electrons. The Morgan fingerprint density at radius 2 is 1.85 bits per heavy atom. The number of benzene rings is 2. The molecule has 0 saturated carbocycles. The van der Waals surface area contributed by atoms with Crippen LogP contribution in [-0.2, 0) is 17.8 Å². The van der Waals surface area contributed by atoms with Gasteiger partial charge in [-0.15, -0.1) is 0 Å². The molecule has 0 aliphatic heterocycles. The summed E-state index contributed by atoms with van der Waals surface area (Å²) < 4.78 is 1.82. The van der Waals surface area contributed by atoms with Crippen LogP contribution < -0.4 is 0 Å². The van der Waals surface area contributed by atoms with E-state index in [-0.39, 0.29) is 5.91 Å². The highest BCUT2D eigenvalue weighted by molar-refractivity contribution is 5.76. The van der Waals surface area contributed by atoms with E-state index in [1.165, 1.54) is 0 Å². The Labute approximate surface area is 153 Å². The maximum absolute atomic E-state index is 12.4. The number of nitrogens with zero attached hydrogens (tertiary/aromatic N) is 4. The third-order valence-corrected chi connectivity index (χ3v) is 4.21. The fourth-order valence-corrected chi connectivity index (χ4v) is 2.70. The summed E-state index contributed by atoms with van der Waals surface area (Å²) >= 11 is 0. The second-order valence-electron chi connectivity index (χ2n) is 6.19. The summed E-state index contributed by atoms with van der Waals surface area (Å²) in [5.41, 5.74) is 3.67. The molecule has 0 bridgehead atoms. The van der Waals surface area contributed by atoms with Crippen molar-refractivity contribution in [3.63, 3.8) is 0 Å². The first kappa shape index (κ1) is 17.4. The highest BCUT2D eigenvalue weighted by Gasteiger charge is 2.10. The van der Waals surface area contributed by atoms with Crippen molar-refractivity contribution in [2.75, 3.05) is 7.05 Å². The number of aromatic nitrogens is 2. The van der Waals surface area contributed by atoms with Gasteiger partial charge in [-0.25, -0.2) is 4.68 Å². The van der Waals surface area contributed by atoms with Crippen LogP contribution in [0.3, 0.4) is 0 Å². The zero-order valence-electron chi connectivity index (χ0n) is 14.7. The van der Waals surface area contributed by atoms with Crippen molar-refractivity contribution in [2.45, 2.75) is 19.4 Å². The third kappa shape index (κ3) is 4.37. The number of para-hydroxylation sites is 1. The number of amides is 1. The van der Waals surface area contributed by atoms with Crippen molar-refractivity contribution in [1.82, 2.24) is 14.7 Å². The second kappa shape index (κ2) is 8.13. The molecule has 5 heteroatoms. The van der Waals surface area contributed by atoms with Crippen LogP contribution in [0.5, 0.6) is 0 Å². The van der Waals surface area contributed by atoms with Gasteiger partial charge in [0.1, 0.15) is 0 Å². The molecular formula is C21H20N4O. The van der Waals surface area contributed by atoms with Gasteiger partial charge >= 0.3 is 0 Å². The summed E-state index contributed by atoms with van der Waals surface area (Å²) in [4.78, 5) is 14.1. The Morgan fingerprint density at radius 1 is 1.12 bits per heavy atom. The highest BCUT2D eigenvalue weighted by Crippen LogP contribution is 2.11. The topological polar surface area (TPSA) is 61.9 Å². The van der Waals surface area contributed by atoms with E-state index in [2.05, 4.69) is 11.2 Å². The smallest absolute Gasteiger partial charge is 0.222 e. The molecule has 0 aliphatic rings. The third-order valence-electron chi connectivity index (χ3n) is 4.21. The standard InChI is InChI=1S/C21H20N4O/c1-24(15-18-9-7-17(13-22)8-10-18)21(26)12-11-19-14-23-25(16-19)20-5-3-2-4-6-20/h2-10,14,16H,11-12,15H2,1H3. The van der Waals surface area contributed by atoms with Gasteiger partial charge in [0.2, 0.25) is 5.91 Å². The zero-order chi connectivity index (χ0) is 18.4. The Kier molecular flexibility index (Phi) is 5.45. The summed E-state index contributed by atoms with van der Waals surface area (Å²) in [6, 6.07) is 19.3. The lowest BCUT2D eigenvalue weighted by Crippen LogP contribution is -2.26. The molecule has 0 saturated heterocycles. The van der Waals surface area contributed by atoms with Crippen molar-refractivity contribution in [3.05, 3.63) is 83.7 Å². The Bertz CT molecular complexity index is 907. The Hall–Kier alpha value is -3.39. The maximum atomic E-state index is 12.4. The van der Waals surface area contributed by atoms with E-state index in [1.807, 2.05) is 53.3 Å². The molecule has 1 heterocycles. The predicted molar refractivity (Wildman–Crippen MR) is 99.5 cm³/mol. The summed E-state index contributed by atoms with van der Waals surface area (Å²) in [6.07, 6.45) is 4.86. The largest absolute Gasteiger partial charge is 0.341 e. The van der Waals surface area contributed by atoms with Crippen molar-refractivity contribution in [2.24, 2.45) is 0 Å². The number of rotatable bonds is 6. The first-order chi connectivity index (χ1) is 12.7. The van der Waals surface area contributed by atoms with E-state index < -0.39 is 0 Å². The molecule has 1 amide bonds. The van der Waals surface area contributed by atoms with E-state index in [9.17, 15) is 4.79 Å². The minimum absolute atomic E-state index is 0.0850. The van der Waals surface area contributed by atoms with Crippen molar-refractivity contribution < 1.29 is 4.79 Å². The lowest BCUT2D eigenvalue weighted by molar-refractivity contribution is -0.130. The Morgan fingerprint density at radius 3 is 2.54 bits per heavy atom. The van der Waals surface area contributed by atoms with Crippen molar-refractivity contribution in [1.29, 1.82) is 5.26 Å². The van der Waals surface area contributed by atoms with Crippen LogP contribution in [0.4, 0.5) is 0 Å². The van der Waals surface area contributed by atoms with E-state index in [0.29, 0.717) is 24.9 Å². The lowest BCUT2D eigenvalue weighted by Gasteiger charge is -2.17. The van der Waals surface area contributed by atoms with Gasteiger partial charge in [0.05, 0.1) is 23.5 Å². The van der Waals surface area contributed by atoms with Gasteiger partial charge in [-0.3, -0.25) is 4.79 Å². The first-order valence-electron chi connectivity index (χ1n) is 8.47. The number of carbonyl (C=O) groups excluding carboxylic acids is 1. The molecular weight excluding hydrogens is 324 g/mol. The van der Waals surface area contributed by atoms with E-state index in [0.717, 1.165) is 16.8 Å². The van der Waals surface area contributed by atoms with Gasteiger partial charge < -0.3 is 4.90 Å². The number of hydrogen-bond donors (Lipinski definition) is 0. The van der Waals surface area contributed by atoms with Crippen LogP contribution in [0.2, 0.25) is 0 Å². The van der Waals surface area contributed by atoms with Crippen LogP contribution in [0.1, 0.15) is 23.1 Å². The number of carbonyl (C=O) groups is 1. The molecule has 26 heavy (non-hydrogen) atoms. The molecule has 130 valence electrons. The molecule has 2 aromatic carbocycles. The average molecular weight is 344 g/mol. The van der Waals surface area contributed by atoms with Crippen molar-refractivity contribution in [3.8, 4) is 11.8 Å². The van der Waals surface area contributed by atoms with Crippen LogP contribution in [0, 0.1) is 11.3 Å². The molecule has 5 nitrogen and oxygen atoms in total. The molecule has 0 N–H and O–H groups in total. The summed E-state index contributed by atoms with van der Waals surface area (Å²) in [5.74, 6) is 0.0850. The van der Waals surface area contributed by atoms with E-state index in [1.54, 1.807) is 30.3 Å². The summed E-state index contributed by atoms with van der Waals surface area (Å²) in [7, 11) is 1.80. The minimum Gasteiger partial charge on any atom is -0.341 e. The predicted octanol–water partition coefficient (Wildman–Crippen LogP) is 3.34. The molecule has 0 spiro atoms. The fraction of sp³-hybridized carbons (Fsp3) is 0.190. The van der Waals surface area contributed by atoms with E-state index >= 15 is 0 Å². The molecule has 3 aromatic rings. The number of aryl methyl sites for hydroxylation is 1. The summed E-state index contributed by atoms with van der Waals surface area (Å²) in [5, 5.41) is 13.2. The zero-order valence-corrected chi connectivity index (χ0v) is 14.7. The Balaban J connectivity index is 1.53. The number of hydrogen-bond acceptors (Lipinski definition) is 3. The monoisotopic (exact) mass is 344 g/mol. The molecule has 0 fully saturated rings. The normalized spacial score (nSPS) is 10.3. The first-order valence-corrected chi connectivity index (χ1v) is 8.47. The van der Waals surface area contributed by atoms with Gasteiger partial charge in [0.25, 0.3) is 0 Å². The molecule has 1 aromatic heterocycles. The van der Waals surface area contributed by atoms with Crippen LogP contribution in [0.15, 0.2) is 67.0 Å². The fourth-order valence-electron chi connectivity index (χ4n) is 2.70. The lowest BCUT2D eigenvalue weighted by atomic mass is 10.1. The van der Waals surface area contributed by atoms with E-state index in [4.69, 9.17) is 5.26 Å². The van der Waals surface area contributed by atoms with Gasteiger partial charge in [0, 0.05) is 26.2 Å². The SMILES string of the molecule is CN(Cc1ccc(C#N)cc1)C(=O)CCc1cnn(-c2ccccc2)c1. The van der Waals surface area contributed by atoms with Crippen LogP contribution in [-0.4, -0.2) is 27.6 Å². The van der Waals surface area contributed by atoms with Crippen molar-refractivity contribution >= 4 is 5.91 Å². The molecule has 3 rings (SSSR count). The molecule has 0 atom stereocenters. The second-order valence-corrected chi connectivity index (χ2v) is 6.19. The number of nitriles is 1. The van der Waals surface area contributed by atoms with Gasteiger partial charge in [0.15, 0.2) is 0 Å².